The molecule has 0 spiro atoms. The van der Waals surface area contributed by atoms with E-state index in [1.807, 2.05) is 0 Å². The molecule has 102 valence electrons. The van der Waals surface area contributed by atoms with Crippen molar-refractivity contribution >= 4 is 16.9 Å². The Morgan fingerprint density at radius 1 is 1.26 bits per heavy atom. The molecular formula is C16H21NO2. The monoisotopic (exact) mass is 259 g/mol. The van der Waals surface area contributed by atoms with Crippen molar-refractivity contribution < 1.29 is 9.90 Å². The number of fused-ring (bicyclic) bond motifs is 1. The lowest BCUT2D eigenvalue weighted by atomic mass is 10.1. The van der Waals surface area contributed by atoms with E-state index >= 15 is 0 Å². The number of aromatic nitrogens is 1. The Labute approximate surface area is 113 Å². The number of carbonyl (C=O) groups is 1. The molecule has 0 fully saturated rings. The van der Waals surface area contributed by atoms with E-state index in [0.29, 0.717) is 12.5 Å². The molecule has 0 aliphatic carbocycles. The van der Waals surface area contributed by atoms with E-state index in [-0.39, 0.29) is 5.92 Å². The summed E-state index contributed by atoms with van der Waals surface area (Å²) in [6.07, 6.45) is 0.571. The van der Waals surface area contributed by atoms with Gasteiger partial charge in [0.2, 0.25) is 0 Å². The van der Waals surface area contributed by atoms with Crippen LogP contribution in [0.4, 0.5) is 0 Å². The van der Waals surface area contributed by atoms with E-state index in [9.17, 15) is 4.79 Å². The molecule has 1 aromatic heterocycles. The van der Waals surface area contributed by atoms with Gasteiger partial charge >= 0.3 is 5.97 Å². The Bertz CT molecular complexity index is 610. The molecule has 0 aliphatic heterocycles. The van der Waals surface area contributed by atoms with E-state index in [1.165, 1.54) is 16.5 Å². The molecular weight excluding hydrogens is 238 g/mol. The number of hydrogen-bond acceptors (Lipinski definition) is 1. The normalized spacial score (nSPS) is 13.1. The molecule has 2 rings (SSSR count). The highest BCUT2D eigenvalue weighted by Crippen LogP contribution is 2.26. The average Bonchev–Trinajstić information content (AvgIpc) is 2.65. The molecule has 1 unspecified atom stereocenters. The van der Waals surface area contributed by atoms with Crippen molar-refractivity contribution in [3.05, 3.63) is 35.5 Å². The molecule has 0 saturated heterocycles. The van der Waals surface area contributed by atoms with E-state index in [2.05, 4.69) is 49.6 Å². The van der Waals surface area contributed by atoms with Crippen LogP contribution >= 0.6 is 0 Å². The number of aryl methyl sites for hydroxylation is 1. The van der Waals surface area contributed by atoms with Crippen LogP contribution in [0.1, 0.15) is 38.1 Å². The lowest BCUT2D eigenvalue weighted by Gasteiger charge is -2.16. The first-order valence-electron chi connectivity index (χ1n) is 6.73. The third kappa shape index (κ3) is 2.65. The van der Waals surface area contributed by atoms with E-state index in [0.717, 1.165) is 5.69 Å². The highest BCUT2D eigenvalue weighted by Gasteiger charge is 2.17. The highest BCUT2D eigenvalue weighted by atomic mass is 16.4. The molecule has 0 amide bonds. The first-order chi connectivity index (χ1) is 8.90. The fourth-order valence-electron chi connectivity index (χ4n) is 2.58. The Kier molecular flexibility index (Phi) is 3.65. The minimum atomic E-state index is -0.739. The lowest BCUT2D eigenvalue weighted by Crippen LogP contribution is -2.15. The quantitative estimate of drug-likeness (QED) is 0.907. The summed E-state index contributed by atoms with van der Waals surface area (Å²) < 4.78 is 2.24. The fourth-order valence-corrected chi connectivity index (χ4v) is 2.58. The van der Waals surface area contributed by atoms with Crippen molar-refractivity contribution in [1.29, 1.82) is 0 Å². The standard InChI is InChI=1S/C16H21NO2/c1-10(2)17-14(8-12(4)16(18)19)9-13-7-11(3)5-6-15(13)17/h5-7,9-10,12H,8H2,1-4H3,(H,18,19). The largest absolute Gasteiger partial charge is 0.481 e. The van der Waals surface area contributed by atoms with Crippen LogP contribution in [0.2, 0.25) is 0 Å². The zero-order valence-corrected chi connectivity index (χ0v) is 12.0. The average molecular weight is 259 g/mol. The molecule has 3 heteroatoms. The Morgan fingerprint density at radius 2 is 1.95 bits per heavy atom. The first kappa shape index (κ1) is 13.7. The van der Waals surface area contributed by atoms with Gasteiger partial charge in [-0.1, -0.05) is 18.6 Å². The predicted molar refractivity (Wildman–Crippen MR) is 77.6 cm³/mol. The zero-order chi connectivity index (χ0) is 14.2. The van der Waals surface area contributed by atoms with Crippen LogP contribution in [0.15, 0.2) is 24.3 Å². The number of carboxylic acid groups (broad SMARTS) is 1. The van der Waals surface area contributed by atoms with Gasteiger partial charge in [0.05, 0.1) is 5.92 Å². The van der Waals surface area contributed by atoms with Gasteiger partial charge in [-0.2, -0.15) is 0 Å². The predicted octanol–water partition coefficient (Wildman–Crippen LogP) is 3.79. The smallest absolute Gasteiger partial charge is 0.306 e. The third-order valence-electron chi connectivity index (χ3n) is 3.53. The summed E-state index contributed by atoms with van der Waals surface area (Å²) in [5.74, 6) is -1.10. The molecule has 0 aliphatic rings. The number of benzene rings is 1. The van der Waals surface area contributed by atoms with Gasteiger partial charge in [0.1, 0.15) is 0 Å². The number of aliphatic carboxylic acids is 1. The lowest BCUT2D eigenvalue weighted by molar-refractivity contribution is -0.141. The van der Waals surface area contributed by atoms with E-state index in [4.69, 9.17) is 5.11 Å². The van der Waals surface area contributed by atoms with Gasteiger partial charge < -0.3 is 9.67 Å². The summed E-state index contributed by atoms with van der Waals surface area (Å²) in [5.41, 5.74) is 3.52. The zero-order valence-electron chi connectivity index (χ0n) is 12.0. The molecule has 3 nitrogen and oxygen atoms in total. The molecule has 19 heavy (non-hydrogen) atoms. The van der Waals surface area contributed by atoms with Gasteiger partial charge in [0.15, 0.2) is 0 Å². The molecule has 1 N–H and O–H groups in total. The van der Waals surface area contributed by atoms with Gasteiger partial charge in [-0.05, 0) is 39.0 Å². The molecule has 2 aromatic rings. The van der Waals surface area contributed by atoms with Crippen molar-refractivity contribution in [1.82, 2.24) is 4.57 Å². The Balaban J connectivity index is 2.53. The summed E-state index contributed by atoms with van der Waals surface area (Å²) in [6.45, 7) is 8.10. The molecule has 0 saturated carbocycles. The Hall–Kier alpha value is -1.77. The van der Waals surface area contributed by atoms with Gasteiger partial charge in [-0.25, -0.2) is 0 Å². The highest BCUT2D eigenvalue weighted by molar-refractivity contribution is 5.82. The number of nitrogens with zero attached hydrogens (tertiary/aromatic N) is 1. The molecule has 1 aromatic carbocycles. The second-order valence-corrected chi connectivity index (χ2v) is 5.61. The topological polar surface area (TPSA) is 42.2 Å². The van der Waals surface area contributed by atoms with Crippen molar-refractivity contribution in [2.24, 2.45) is 5.92 Å². The van der Waals surface area contributed by atoms with Crippen LogP contribution in [-0.2, 0) is 11.2 Å². The molecule has 1 heterocycles. The summed E-state index contributed by atoms with van der Waals surface area (Å²) in [4.78, 5) is 11.0. The molecule has 0 bridgehead atoms. The fraction of sp³-hybridized carbons (Fsp3) is 0.438. The second-order valence-electron chi connectivity index (χ2n) is 5.61. The Morgan fingerprint density at radius 3 is 2.53 bits per heavy atom. The van der Waals surface area contributed by atoms with Crippen LogP contribution in [0, 0.1) is 12.8 Å². The molecule has 1 atom stereocenters. The second kappa shape index (κ2) is 5.08. The number of rotatable bonds is 4. The minimum absolute atomic E-state index is 0.330. The van der Waals surface area contributed by atoms with Crippen molar-refractivity contribution in [2.45, 2.75) is 40.2 Å². The van der Waals surface area contributed by atoms with Crippen LogP contribution < -0.4 is 0 Å². The van der Waals surface area contributed by atoms with Crippen LogP contribution in [0.5, 0.6) is 0 Å². The van der Waals surface area contributed by atoms with Crippen molar-refractivity contribution in [3.63, 3.8) is 0 Å². The maximum absolute atomic E-state index is 11.0. The summed E-state index contributed by atoms with van der Waals surface area (Å²) >= 11 is 0. The third-order valence-corrected chi connectivity index (χ3v) is 3.53. The van der Waals surface area contributed by atoms with E-state index < -0.39 is 5.97 Å². The summed E-state index contributed by atoms with van der Waals surface area (Å²) in [6, 6.07) is 8.84. The van der Waals surface area contributed by atoms with Crippen molar-refractivity contribution in [2.75, 3.05) is 0 Å². The molecule has 0 radical (unpaired) electrons. The SMILES string of the molecule is Cc1ccc2c(c1)cc(CC(C)C(=O)O)n2C(C)C. The maximum atomic E-state index is 11.0. The van der Waals surface area contributed by atoms with Crippen LogP contribution in [0.3, 0.4) is 0 Å². The summed E-state index contributed by atoms with van der Waals surface area (Å²) in [5, 5.41) is 10.3. The van der Waals surface area contributed by atoms with Gasteiger partial charge in [-0.15, -0.1) is 0 Å². The summed E-state index contributed by atoms with van der Waals surface area (Å²) in [7, 11) is 0. The minimum Gasteiger partial charge on any atom is -0.481 e. The number of hydrogen-bond donors (Lipinski definition) is 1. The van der Waals surface area contributed by atoms with Gasteiger partial charge in [-0.3, -0.25) is 4.79 Å². The van der Waals surface area contributed by atoms with E-state index in [1.54, 1.807) is 6.92 Å². The van der Waals surface area contributed by atoms with Crippen LogP contribution in [-0.4, -0.2) is 15.6 Å². The van der Waals surface area contributed by atoms with Crippen LogP contribution in [0.25, 0.3) is 10.9 Å². The van der Waals surface area contributed by atoms with Gasteiger partial charge in [0, 0.05) is 29.1 Å². The maximum Gasteiger partial charge on any atom is 0.306 e. The van der Waals surface area contributed by atoms with Crippen molar-refractivity contribution in [3.8, 4) is 0 Å². The first-order valence-corrected chi connectivity index (χ1v) is 6.73. The number of carboxylic acids is 1. The van der Waals surface area contributed by atoms with Gasteiger partial charge in [0.25, 0.3) is 0 Å².